The van der Waals surface area contributed by atoms with Gasteiger partial charge in [-0.15, -0.1) is 0 Å². The monoisotopic (exact) mass is 466 g/mol. The lowest BCUT2D eigenvalue weighted by molar-refractivity contribution is -0.123. The van der Waals surface area contributed by atoms with Crippen molar-refractivity contribution in [2.24, 2.45) is 11.8 Å². The Morgan fingerprint density at radius 1 is 0.812 bits per heavy atom. The molecule has 3 aromatic carbocycles. The predicted molar refractivity (Wildman–Crippen MR) is 123 cm³/mol. The van der Waals surface area contributed by atoms with Crippen LogP contribution in [0.5, 0.6) is 0 Å². The van der Waals surface area contributed by atoms with E-state index in [2.05, 4.69) is 5.32 Å². The highest BCUT2D eigenvalue weighted by atomic mass is 35.5. The Hall–Kier alpha value is -2.70. The van der Waals surface area contributed by atoms with Crippen LogP contribution in [0.3, 0.4) is 0 Å². The number of aliphatic hydroxyl groups is 1. The molecule has 0 spiro atoms. The van der Waals surface area contributed by atoms with Crippen molar-refractivity contribution in [1.82, 2.24) is 5.32 Å². The highest BCUT2D eigenvalue weighted by Crippen LogP contribution is 2.48. The van der Waals surface area contributed by atoms with Gasteiger partial charge in [-0.25, -0.2) is 4.90 Å². The summed E-state index contributed by atoms with van der Waals surface area (Å²) in [6.07, 6.45) is -0.956. The van der Waals surface area contributed by atoms with Crippen molar-refractivity contribution in [2.45, 2.75) is 18.2 Å². The summed E-state index contributed by atoms with van der Waals surface area (Å²) in [4.78, 5) is 28.4. The Labute approximate surface area is 195 Å². The Morgan fingerprint density at radius 2 is 1.44 bits per heavy atom. The summed E-state index contributed by atoms with van der Waals surface area (Å²) >= 11 is 12.2. The summed E-state index contributed by atoms with van der Waals surface area (Å²) in [5.41, 5.74) is 1.96. The molecular weight excluding hydrogens is 447 g/mol. The highest BCUT2D eigenvalue weighted by molar-refractivity contribution is 6.42. The van der Waals surface area contributed by atoms with Crippen molar-refractivity contribution in [3.8, 4) is 0 Å². The Balaban J connectivity index is 1.58. The number of rotatable bonds is 4. The van der Waals surface area contributed by atoms with Crippen LogP contribution in [0.2, 0.25) is 10.0 Å². The first-order valence-corrected chi connectivity index (χ1v) is 11.1. The number of hydrogen-bond acceptors (Lipinski definition) is 4. The zero-order chi connectivity index (χ0) is 22.4. The molecule has 5 unspecified atom stereocenters. The van der Waals surface area contributed by atoms with Crippen molar-refractivity contribution in [3.05, 3.63) is 100 Å². The van der Waals surface area contributed by atoms with Crippen molar-refractivity contribution in [3.63, 3.8) is 0 Å². The smallest absolute Gasteiger partial charge is 0.239 e. The number of hydrogen-bond donors (Lipinski definition) is 2. The Bertz CT molecular complexity index is 1170. The van der Waals surface area contributed by atoms with E-state index < -0.39 is 30.0 Å². The average Bonchev–Trinajstić information content (AvgIpc) is 3.33. The lowest BCUT2D eigenvalue weighted by Gasteiger charge is -2.26. The number of carbonyl (C=O) groups is 2. The molecule has 2 aliphatic rings. The molecule has 2 amide bonds. The summed E-state index contributed by atoms with van der Waals surface area (Å²) in [5, 5.41) is 15.2. The quantitative estimate of drug-likeness (QED) is 0.553. The number of carbonyl (C=O) groups excluding carboxylic acids is 2. The molecule has 5 atom stereocenters. The van der Waals surface area contributed by atoms with Crippen LogP contribution in [0.4, 0.5) is 5.69 Å². The van der Waals surface area contributed by atoms with Crippen LogP contribution in [0, 0.1) is 11.8 Å². The number of benzene rings is 3. The van der Waals surface area contributed by atoms with Gasteiger partial charge < -0.3 is 10.4 Å². The van der Waals surface area contributed by atoms with Gasteiger partial charge in [-0.2, -0.15) is 0 Å². The van der Waals surface area contributed by atoms with Gasteiger partial charge >= 0.3 is 0 Å². The number of halogens is 2. The molecule has 7 heteroatoms. The van der Waals surface area contributed by atoms with Gasteiger partial charge in [-0.05, 0) is 29.3 Å². The maximum Gasteiger partial charge on any atom is 0.239 e. The minimum atomic E-state index is -0.956. The van der Waals surface area contributed by atoms with Crippen molar-refractivity contribution < 1.29 is 14.7 Å². The van der Waals surface area contributed by atoms with E-state index in [-0.39, 0.29) is 16.8 Å². The summed E-state index contributed by atoms with van der Waals surface area (Å²) < 4.78 is 0. The van der Waals surface area contributed by atoms with E-state index in [1.54, 1.807) is 12.1 Å². The largest absolute Gasteiger partial charge is 0.387 e. The Kier molecular flexibility index (Phi) is 5.51. The fraction of sp³-hybridized carbons (Fsp3) is 0.200. The number of fused-ring (bicyclic) bond motifs is 1. The van der Waals surface area contributed by atoms with E-state index in [4.69, 9.17) is 23.2 Å². The minimum absolute atomic E-state index is 0.264. The van der Waals surface area contributed by atoms with E-state index in [9.17, 15) is 14.7 Å². The van der Waals surface area contributed by atoms with Crippen LogP contribution in [0.25, 0.3) is 0 Å². The normalized spacial score (nSPS) is 25.8. The van der Waals surface area contributed by atoms with E-state index in [0.717, 1.165) is 5.56 Å². The predicted octanol–water partition coefficient (Wildman–Crippen LogP) is 4.55. The maximum atomic E-state index is 13.6. The lowest BCUT2D eigenvalue weighted by atomic mass is 9.84. The van der Waals surface area contributed by atoms with E-state index in [1.807, 2.05) is 60.7 Å². The van der Waals surface area contributed by atoms with Crippen molar-refractivity contribution in [2.75, 3.05) is 4.90 Å². The van der Waals surface area contributed by atoms with Gasteiger partial charge in [0.1, 0.15) is 0 Å². The summed E-state index contributed by atoms with van der Waals surface area (Å²) in [6, 6.07) is 22.4. The number of nitrogens with one attached hydrogen (secondary N) is 1. The molecular formula is C25H20Cl2N2O3. The molecule has 2 N–H and O–H groups in total. The number of aliphatic hydroxyl groups excluding tert-OH is 1. The molecule has 0 bridgehead atoms. The standard InChI is InChI=1S/C25H20Cl2N2O3/c26-17-12-11-16(13-18(17)27)29-24(31)19-20(25(29)32)22(23(30)15-9-5-2-6-10-15)28-21(19)14-7-3-1-4-8-14/h1-13,19-23,28,30H. The van der Waals surface area contributed by atoms with E-state index in [0.29, 0.717) is 16.3 Å². The molecule has 0 aliphatic carbocycles. The fourth-order valence-electron chi connectivity index (χ4n) is 4.84. The molecule has 2 saturated heterocycles. The zero-order valence-electron chi connectivity index (χ0n) is 16.9. The molecule has 2 fully saturated rings. The maximum absolute atomic E-state index is 13.6. The second-order valence-corrected chi connectivity index (χ2v) is 8.91. The molecule has 0 radical (unpaired) electrons. The van der Waals surface area contributed by atoms with E-state index >= 15 is 0 Å². The number of anilines is 1. The Morgan fingerprint density at radius 3 is 2.09 bits per heavy atom. The van der Waals surface area contributed by atoms with Gasteiger partial charge in [-0.1, -0.05) is 83.9 Å². The molecule has 32 heavy (non-hydrogen) atoms. The molecule has 5 nitrogen and oxygen atoms in total. The van der Waals surface area contributed by atoms with Crippen LogP contribution in [-0.4, -0.2) is 23.0 Å². The topological polar surface area (TPSA) is 69.6 Å². The number of imide groups is 1. The van der Waals surface area contributed by atoms with Crippen molar-refractivity contribution >= 4 is 40.7 Å². The molecule has 3 aromatic rings. The van der Waals surface area contributed by atoms with Gasteiger partial charge in [0, 0.05) is 6.04 Å². The fourth-order valence-corrected chi connectivity index (χ4v) is 5.14. The van der Waals surface area contributed by atoms with Crippen LogP contribution in [0.1, 0.15) is 23.3 Å². The van der Waals surface area contributed by atoms with Gasteiger partial charge in [0.2, 0.25) is 11.8 Å². The van der Waals surface area contributed by atoms with Crippen LogP contribution in [-0.2, 0) is 9.59 Å². The third kappa shape index (κ3) is 3.42. The molecule has 2 aliphatic heterocycles. The zero-order valence-corrected chi connectivity index (χ0v) is 18.4. The summed E-state index contributed by atoms with van der Waals surface area (Å²) in [5.74, 6) is -2.05. The van der Waals surface area contributed by atoms with Crippen LogP contribution >= 0.6 is 23.2 Å². The summed E-state index contributed by atoms with van der Waals surface area (Å²) in [7, 11) is 0. The molecule has 162 valence electrons. The van der Waals surface area contributed by atoms with Gasteiger partial charge in [-0.3, -0.25) is 9.59 Å². The van der Waals surface area contributed by atoms with Crippen LogP contribution < -0.4 is 10.2 Å². The SMILES string of the molecule is O=C1C2C(c3ccccc3)NC(C(O)c3ccccc3)C2C(=O)N1c1ccc(Cl)c(Cl)c1. The van der Waals surface area contributed by atoms with Gasteiger partial charge in [0.25, 0.3) is 0 Å². The molecule has 5 rings (SSSR count). The van der Waals surface area contributed by atoms with Crippen LogP contribution in [0.15, 0.2) is 78.9 Å². The minimum Gasteiger partial charge on any atom is -0.387 e. The van der Waals surface area contributed by atoms with Gasteiger partial charge in [0.05, 0.1) is 39.7 Å². The number of amides is 2. The van der Waals surface area contributed by atoms with Gasteiger partial charge in [0.15, 0.2) is 0 Å². The first kappa shape index (κ1) is 21.2. The first-order chi connectivity index (χ1) is 15.5. The molecule has 2 heterocycles. The van der Waals surface area contributed by atoms with E-state index in [1.165, 1.54) is 11.0 Å². The highest BCUT2D eigenvalue weighted by Gasteiger charge is 2.60. The van der Waals surface area contributed by atoms with Crippen molar-refractivity contribution in [1.29, 1.82) is 0 Å². The second-order valence-electron chi connectivity index (χ2n) is 8.10. The number of nitrogens with zero attached hydrogens (tertiary/aromatic N) is 1. The third-order valence-corrected chi connectivity index (χ3v) is 7.06. The third-order valence-electron chi connectivity index (χ3n) is 6.32. The second kappa shape index (κ2) is 8.34. The molecule has 0 aromatic heterocycles. The average molecular weight is 467 g/mol. The lowest BCUT2D eigenvalue weighted by Crippen LogP contribution is -2.42. The molecule has 0 saturated carbocycles. The summed E-state index contributed by atoms with van der Waals surface area (Å²) in [6.45, 7) is 0. The first-order valence-electron chi connectivity index (χ1n) is 10.3.